The normalized spacial score (nSPS) is 17.3. The molecule has 0 spiro atoms. The number of amides is 1. The largest absolute Gasteiger partial charge is 0.497 e. The van der Waals surface area contributed by atoms with Crippen molar-refractivity contribution in [1.82, 2.24) is 4.90 Å². The molecule has 0 aromatic heterocycles. The molecule has 1 atom stereocenters. The Kier molecular flexibility index (Phi) is 4.28. The van der Waals surface area contributed by atoms with Crippen molar-refractivity contribution < 1.29 is 14.3 Å². The number of benzene rings is 2. The molecule has 2 aromatic carbocycles. The van der Waals surface area contributed by atoms with Crippen LogP contribution < -0.4 is 9.47 Å². The molecule has 3 rings (SSSR count). The van der Waals surface area contributed by atoms with Crippen LogP contribution in [0.5, 0.6) is 11.5 Å². The van der Waals surface area contributed by atoms with Crippen LogP contribution in [-0.2, 0) is 0 Å². The Labute approximate surface area is 130 Å². The van der Waals surface area contributed by atoms with Gasteiger partial charge in [-0.3, -0.25) is 4.79 Å². The van der Waals surface area contributed by atoms with E-state index in [4.69, 9.17) is 9.47 Å². The molecule has 1 saturated heterocycles. The molecule has 22 heavy (non-hydrogen) atoms. The molecule has 1 fully saturated rings. The molecule has 0 saturated carbocycles. The number of rotatable bonds is 4. The highest BCUT2D eigenvalue weighted by Crippen LogP contribution is 2.20. The smallest absolute Gasteiger partial charge is 0.253 e. The zero-order chi connectivity index (χ0) is 15.4. The number of methoxy groups -OCH3 is 1. The van der Waals surface area contributed by atoms with Crippen molar-refractivity contribution >= 4 is 5.91 Å². The first-order valence-electron chi connectivity index (χ1n) is 7.41. The molecule has 0 bridgehead atoms. The zero-order valence-corrected chi connectivity index (χ0v) is 12.6. The van der Waals surface area contributed by atoms with Gasteiger partial charge in [0.2, 0.25) is 0 Å². The van der Waals surface area contributed by atoms with Crippen LogP contribution in [0.3, 0.4) is 0 Å². The molecule has 1 amide bonds. The number of hydrogen-bond acceptors (Lipinski definition) is 3. The molecule has 114 valence electrons. The highest BCUT2D eigenvalue weighted by Gasteiger charge is 2.28. The van der Waals surface area contributed by atoms with Gasteiger partial charge >= 0.3 is 0 Å². The van der Waals surface area contributed by atoms with Gasteiger partial charge in [-0.1, -0.05) is 18.2 Å². The Bertz CT molecular complexity index is 625. The van der Waals surface area contributed by atoms with E-state index in [1.807, 2.05) is 35.2 Å². The van der Waals surface area contributed by atoms with E-state index < -0.39 is 0 Å². The Hall–Kier alpha value is -2.49. The lowest BCUT2D eigenvalue weighted by molar-refractivity contribution is 0.0772. The molecule has 4 nitrogen and oxygen atoms in total. The maximum absolute atomic E-state index is 12.5. The van der Waals surface area contributed by atoms with Crippen LogP contribution in [0.1, 0.15) is 16.8 Å². The third-order valence-corrected chi connectivity index (χ3v) is 3.82. The summed E-state index contributed by atoms with van der Waals surface area (Å²) in [5, 5.41) is 0. The van der Waals surface area contributed by atoms with Crippen molar-refractivity contribution in [3.05, 3.63) is 60.2 Å². The van der Waals surface area contributed by atoms with Gasteiger partial charge in [-0.15, -0.1) is 0 Å². The standard InChI is InChI=1S/C18H19NO3/c1-21-15-9-7-14(8-10-15)18(20)19-12-11-17(13-19)22-16-5-3-2-4-6-16/h2-10,17H,11-13H2,1H3. The van der Waals surface area contributed by atoms with Gasteiger partial charge in [0, 0.05) is 18.5 Å². The van der Waals surface area contributed by atoms with Gasteiger partial charge in [0.25, 0.3) is 5.91 Å². The number of carbonyl (C=O) groups excluding carboxylic acids is 1. The van der Waals surface area contributed by atoms with Gasteiger partial charge in [-0.25, -0.2) is 0 Å². The predicted octanol–water partition coefficient (Wildman–Crippen LogP) is 2.99. The maximum atomic E-state index is 12.5. The summed E-state index contributed by atoms with van der Waals surface area (Å²) in [6.07, 6.45) is 0.918. The summed E-state index contributed by atoms with van der Waals surface area (Å²) in [6, 6.07) is 16.9. The molecule has 1 heterocycles. The van der Waals surface area contributed by atoms with Crippen molar-refractivity contribution in [3.63, 3.8) is 0 Å². The second-order valence-corrected chi connectivity index (χ2v) is 5.32. The average Bonchev–Trinajstić information content (AvgIpc) is 3.04. The summed E-state index contributed by atoms with van der Waals surface area (Å²) in [6.45, 7) is 1.35. The molecule has 0 aliphatic carbocycles. The first kappa shape index (κ1) is 14.4. The molecule has 0 radical (unpaired) electrons. The fraction of sp³-hybridized carbons (Fsp3) is 0.278. The highest BCUT2D eigenvalue weighted by molar-refractivity contribution is 5.94. The van der Waals surface area contributed by atoms with Crippen molar-refractivity contribution in [2.24, 2.45) is 0 Å². The van der Waals surface area contributed by atoms with Crippen LogP contribution in [0.15, 0.2) is 54.6 Å². The van der Waals surface area contributed by atoms with E-state index in [1.54, 1.807) is 31.4 Å². The molecule has 2 aromatic rings. The Morgan fingerprint density at radius 1 is 1.05 bits per heavy atom. The number of hydrogen-bond donors (Lipinski definition) is 0. The molecule has 4 heteroatoms. The first-order chi connectivity index (χ1) is 10.8. The Morgan fingerprint density at radius 3 is 2.45 bits per heavy atom. The molecular formula is C18H19NO3. The molecule has 1 unspecified atom stereocenters. The second kappa shape index (κ2) is 6.52. The summed E-state index contributed by atoms with van der Waals surface area (Å²) in [7, 11) is 1.61. The predicted molar refractivity (Wildman–Crippen MR) is 84.4 cm³/mol. The van der Waals surface area contributed by atoms with E-state index in [9.17, 15) is 4.79 Å². The zero-order valence-electron chi connectivity index (χ0n) is 12.6. The third kappa shape index (κ3) is 3.22. The number of para-hydroxylation sites is 1. The number of ether oxygens (including phenoxy) is 2. The SMILES string of the molecule is COc1ccc(C(=O)N2CCC(Oc3ccccc3)C2)cc1. The van der Waals surface area contributed by atoms with Gasteiger partial charge in [-0.2, -0.15) is 0 Å². The highest BCUT2D eigenvalue weighted by atomic mass is 16.5. The van der Waals surface area contributed by atoms with Gasteiger partial charge in [-0.05, 0) is 36.4 Å². The van der Waals surface area contributed by atoms with Gasteiger partial charge in [0.15, 0.2) is 0 Å². The summed E-state index contributed by atoms with van der Waals surface area (Å²) >= 11 is 0. The average molecular weight is 297 g/mol. The summed E-state index contributed by atoms with van der Waals surface area (Å²) < 4.78 is 11.0. The minimum absolute atomic E-state index is 0.0433. The van der Waals surface area contributed by atoms with Crippen molar-refractivity contribution in [1.29, 1.82) is 0 Å². The number of carbonyl (C=O) groups is 1. The quantitative estimate of drug-likeness (QED) is 0.871. The van der Waals surface area contributed by atoms with Crippen LogP contribution in [0, 0.1) is 0 Å². The lowest BCUT2D eigenvalue weighted by Crippen LogP contribution is -2.30. The third-order valence-electron chi connectivity index (χ3n) is 3.82. The molecular weight excluding hydrogens is 278 g/mol. The van der Waals surface area contributed by atoms with Gasteiger partial charge in [0.05, 0.1) is 13.7 Å². The minimum atomic E-state index is 0.0433. The van der Waals surface area contributed by atoms with Crippen molar-refractivity contribution in [3.8, 4) is 11.5 Å². The lowest BCUT2D eigenvalue weighted by atomic mass is 10.2. The topological polar surface area (TPSA) is 38.8 Å². The second-order valence-electron chi connectivity index (χ2n) is 5.32. The minimum Gasteiger partial charge on any atom is -0.497 e. The maximum Gasteiger partial charge on any atom is 0.253 e. The van der Waals surface area contributed by atoms with Gasteiger partial charge < -0.3 is 14.4 Å². The fourth-order valence-corrected chi connectivity index (χ4v) is 2.62. The number of likely N-dealkylation sites (tertiary alicyclic amines) is 1. The Balaban J connectivity index is 1.60. The van der Waals surface area contributed by atoms with Crippen LogP contribution in [0.25, 0.3) is 0 Å². The summed E-state index contributed by atoms with van der Waals surface area (Å²) in [5.74, 6) is 1.65. The first-order valence-corrected chi connectivity index (χ1v) is 7.41. The van der Waals surface area contributed by atoms with Gasteiger partial charge in [0.1, 0.15) is 17.6 Å². The summed E-state index contributed by atoms with van der Waals surface area (Å²) in [5.41, 5.74) is 0.682. The van der Waals surface area contributed by atoms with Crippen LogP contribution in [-0.4, -0.2) is 37.1 Å². The molecule has 1 aliphatic heterocycles. The number of nitrogens with zero attached hydrogens (tertiary/aromatic N) is 1. The fourth-order valence-electron chi connectivity index (χ4n) is 2.62. The molecule has 0 N–H and O–H groups in total. The van der Waals surface area contributed by atoms with E-state index in [2.05, 4.69) is 0 Å². The summed E-state index contributed by atoms with van der Waals surface area (Å²) in [4.78, 5) is 14.3. The van der Waals surface area contributed by atoms with E-state index >= 15 is 0 Å². The van der Waals surface area contributed by atoms with Crippen LogP contribution >= 0.6 is 0 Å². The van der Waals surface area contributed by atoms with Crippen molar-refractivity contribution in [2.45, 2.75) is 12.5 Å². The van der Waals surface area contributed by atoms with Crippen LogP contribution in [0.4, 0.5) is 0 Å². The van der Waals surface area contributed by atoms with E-state index in [-0.39, 0.29) is 12.0 Å². The van der Waals surface area contributed by atoms with E-state index in [1.165, 1.54) is 0 Å². The van der Waals surface area contributed by atoms with E-state index in [0.29, 0.717) is 12.1 Å². The lowest BCUT2D eigenvalue weighted by Gasteiger charge is -2.17. The monoisotopic (exact) mass is 297 g/mol. The van der Waals surface area contributed by atoms with Crippen molar-refractivity contribution in [2.75, 3.05) is 20.2 Å². The van der Waals surface area contributed by atoms with E-state index in [0.717, 1.165) is 24.5 Å². The van der Waals surface area contributed by atoms with Crippen LogP contribution in [0.2, 0.25) is 0 Å². The molecule has 1 aliphatic rings. The Morgan fingerprint density at radius 2 is 1.77 bits per heavy atom.